The summed E-state index contributed by atoms with van der Waals surface area (Å²) < 4.78 is 5.49. The standard InChI is InChI=1S/C13H17NO2/c1-10-4-5-11(9-14-10)13(15)7-6-12-3-2-8-16-12/h4-5,9,12H,2-3,6-8H2,1H3. The normalized spacial score (nSPS) is 19.9. The van der Waals surface area contributed by atoms with Crippen LogP contribution < -0.4 is 0 Å². The van der Waals surface area contributed by atoms with Crippen LogP contribution in [0, 0.1) is 6.92 Å². The molecule has 0 aliphatic carbocycles. The lowest BCUT2D eigenvalue weighted by Crippen LogP contribution is -2.09. The molecule has 1 fully saturated rings. The van der Waals surface area contributed by atoms with E-state index < -0.39 is 0 Å². The highest BCUT2D eigenvalue weighted by Crippen LogP contribution is 2.18. The summed E-state index contributed by atoms with van der Waals surface area (Å²) in [6.07, 6.45) is 5.59. The maximum absolute atomic E-state index is 11.8. The van der Waals surface area contributed by atoms with Crippen LogP contribution in [0.15, 0.2) is 18.3 Å². The summed E-state index contributed by atoms with van der Waals surface area (Å²) in [4.78, 5) is 15.9. The molecule has 0 bridgehead atoms. The van der Waals surface area contributed by atoms with Crippen LogP contribution in [-0.4, -0.2) is 23.5 Å². The van der Waals surface area contributed by atoms with Gasteiger partial charge in [-0.25, -0.2) is 0 Å². The Morgan fingerprint density at radius 2 is 2.44 bits per heavy atom. The number of ether oxygens (including phenoxy) is 1. The smallest absolute Gasteiger partial charge is 0.164 e. The summed E-state index contributed by atoms with van der Waals surface area (Å²) in [6.45, 7) is 2.77. The molecule has 0 aromatic carbocycles. The first kappa shape index (κ1) is 11.3. The van der Waals surface area contributed by atoms with Gasteiger partial charge in [0.15, 0.2) is 5.78 Å². The molecule has 3 heteroatoms. The number of Topliss-reactive ketones (excluding diaryl/α,β-unsaturated/α-hetero) is 1. The molecule has 0 N–H and O–H groups in total. The van der Waals surface area contributed by atoms with Gasteiger partial charge in [-0.3, -0.25) is 9.78 Å². The van der Waals surface area contributed by atoms with Gasteiger partial charge in [0.2, 0.25) is 0 Å². The number of hydrogen-bond acceptors (Lipinski definition) is 3. The summed E-state index contributed by atoms with van der Waals surface area (Å²) >= 11 is 0. The maximum atomic E-state index is 11.8. The molecule has 1 saturated heterocycles. The quantitative estimate of drug-likeness (QED) is 0.730. The largest absolute Gasteiger partial charge is 0.378 e. The van der Waals surface area contributed by atoms with E-state index in [0.29, 0.717) is 18.1 Å². The lowest BCUT2D eigenvalue weighted by atomic mass is 10.0. The first-order valence-electron chi connectivity index (χ1n) is 5.83. The molecule has 0 spiro atoms. The Labute approximate surface area is 95.8 Å². The lowest BCUT2D eigenvalue weighted by molar-refractivity contribution is 0.0859. The van der Waals surface area contributed by atoms with E-state index in [1.165, 1.54) is 0 Å². The molecule has 2 heterocycles. The minimum atomic E-state index is 0.169. The fourth-order valence-electron chi connectivity index (χ4n) is 1.94. The summed E-state index contributed by atoms with van der Waals surface area (Å²) in [5.41, 5.74) is 1.65. The third-order valence-electron chi connectivity index (χ3n) is 2.95. The highest BCUT2D eigenvalue weighted by molar-refractivity contribution is 5.95. The van der Waals surface area contributed by atoms with Gasteiger partial charge in [0.05, 0.1) is 6.10 Å². The van der Waals surface area contributed by atoms with Crippen LogP contribution in [0.3, 0.4) is 0 Å². The number of aryl methyl sites for hydroxylation is 1. The summed E-state index contributed by atoms with van der Waals surface area (Å²) in [6, 6.07) is 3.72. The highest BCUT2D eigenvalue weighted by atomic mass is 16.5. The van der Waals surface area contributed by atoms with Crippen LogP contribution in [0.2, 0.25) is 0 Å². The monoisotopic (exact) mass is 219 g/mol. The SMILES string of the molecule is Cc1ccc(C(=O)CCC2CCCO2)cn1. The second-order valence-corrected chi connectivity index (χ2v) is 4.29. The Morgan fingerprint density at radius 1 is 1.56 bits per heavy atom. The second kappa shape index (κ2) is 5.21. The summed E-state index contributed by atoms with van der Waals surface area (Å²) in [5.74, 6) is 0.169. The molecule has 3 nitrogen and oxygen atoms in total. The van der Waals surface area contributed by atoms with Crippen molar-refractivity contribution in [2.45, 2.75) is 38.7 Å². The van der Waals surface area contributed by atoms with Gasteiger partial charge in [0.1, 0.15) is 0 Å². The second-order valence-electron chi connectivity index (χ2n) is 4.29. The number of carbonyl (C=O) groups excluding carboxylic acids is 1. The zero-order chi connectivity index (χ0) is 11.4. The molecule has 0 amide bonds. The van der Waals surface area contributed by atoms with Crippen LogP contribution in [0.4, 0.5) is 0 Å². The Hall–Kier alpha value is -1.22. The van der Waals surface area contributed by atoms with Crippen molar-refractivity contribution in [2.24, 2.45) is 0 Å². The zero-order valence-corrected chi connectivity index (χ0v) is 9.61. The lowest BCUT2D eigenvalue weighted by Gasteiger charge is -2.07. The predicted octanol–water partition coefficient (Wildman–Crippen LogP) is 2.53. The van der Waals surface area contributed by atoms with Crippen LogP contribution >= 0.6 is 0 Å². The average Bonchev–Trinajstić information content (AvgIpc) is 2.80. The van der Waals surface area contributed by atoms with Crippen molar-refractivity contribution >= 4 is 5.78 Å². The zero-order valence-electron chi connectivity index (χ0n) is 9.61. The van der Waals surface area contributed by atoms with Gasteiger partial charge >= 0.3 is 0 Å². The van der Waals surface area contributed by atoms with E-state index in [-0.39, 0.29) is 5.78 Å². The molecule has 1 aromatic rings. The van der Waals surface area contributed by atoms with Crippen molar-refractivity contribution in [2.75, 3.05) is 6.61 Å². The molecule has 0 radical (unpaired) electrons. The van der Waals surface area contributed by atoms with Crippen molar-refractivity contribution in [3.63, 3.8) is 0 Å². The molecule has 1 unspecified atom stereocenters. The minimum Gasteiger partial charge on any atom is -0.378 e. The van der Waals surface area contributed by atoms with Gasteiger partial charge in [-0.2, -0.15) is 0 Å². The molecule has 1 atom stereocenters. The van der Waals surface area contributed by atoms with E-state index in [1.54, 1.807) is 6.20 Å². The van der Waals surface area contributed by atoms with Crippen molar-refractivity contribution in [3.8, 4) is 0 Å². The van der Waals surface area contributed by atoms with E-state index in [2.05, 4.69) is 4.98 Å². The van der Waals surface area contributed by atoms with Gasteiger partial charge in [-0.05, 0) is 38.3 Å². The maximum Gasteiger partial charge on any atom is 0.164 e. The number of pyridine rings is 1. The average molecular weight is 219 g/mol. The van der Waals surface area contributed by atoms with Crippen LogP contribution in [0.25, 0.3) is 0 Å². The topological polar surface area (TPSA) is 39.2 Å². The molecular formula is C13H17NO2. The van der Waals surface area contributed by atoms with Crippen molar-refractivity contribution in [1.82, 2.24) is 4.98 Å². The number of rotatable bonds is 4. The third-order valence-corrected chi connectivity index (χ3v) is 2.95. The molecule has 2 rings (SSSR count). The van der Waals surface area contributed by atoms with Crippen LogP contribution in [0.5, 0.6) is 0 Å². The van der Waals surface area contributed by atoms with E-state index in [1.807, 2.05) is 19.1 Å². The Kier molecular flexibility index (Phi) is 3.67. The Bertz CT molecular complexity index is 353. The molecule has 1 aromatic heterocycles. The molecule has 16 heavy (non-hydrogen) atoms. The fraction of sp³-hybridized carbons (Fsp3) is 0.538. The summed E-state index contributed by atoms with van der Waals surface area (Å²) in [7, 11) is 0. The molecule has 0 saturated carbocycles. The van der Waals surface area contributed by atoms with Crippen LogP contribution in [-0.2, 0) is 4.74 Å². The van der Waals surface area contributed by atoms with E-state index in [9.17, 15) is 4.79 Å². The molecule has 1 aliphatic heterocycles. The Balaban J connectivity index is 1.85. The van der Waals surface area contributed by atoms with Gasteiger partial charge in [0, 0.05) is 30.5 Å². The Morgan fingerprint density at radius 3 is 3.06 bits per heavy atom. The number of nitrogens with zero attached hydrogens (tertiary/aromatic N) is 1. The number of aromatic nitrogens is 1. The number of ketones is 1. The van der Waals surface area contributed by atoms with Crippen molar-refractivity contribution < 1.29 is 9.53 Å². The molecule has 86 valence electrons. The molecular weight excluding hydrogens is 202 g/mol. The summed E-state index contributed by atoms with van der Waals surface area (Å²) in [5, 5.41) is 0. The fourth-order valence-corrected chi connectivity index (χ4v) is 1.94. The van der Waals surface area contributed by atoms with E-state index >= 15 is 0 Å². The van der Waals surface area contributed by atoms with Crippen LogP contribution in [0.1, 0.15) is 41.7 Å². The molecule has 1 aliphatic rings. The third kappa shape index (κ3) is 2.89. The minimum absolute atomic E-state index is 0.169. The van der Waals surface area contributed by atoms with Gasteiger partial charge in [-0.1, -0.05) is 0 Å². The van der Waals surface area contributed by atoms with Crippen molar-refractivity contribution in [1.29, 1.82) is 0 Å². The van der Waals surface area contributed by atoms with Gasteiger partial charge in [-0.15, -0.1) is 0 Å². The van der Waals surface area contributed by atoms with Gasteiger partial charge < -0.3 is 4.74 Å². The first-order valence-corrected chi connectivity index (χ1v) is 5.83. The van der Waals surface area contributed by atoms with E-state index in [0.717, 1.165) is 31.6 Å². The number of hydrogen-bond donors (Lipinski definition) is 0. The first-order chi connectivity index (χ1) is 7.75. The van der Waals surface area contributed by atoms with Gasteiger partial charge in [0.25, 0.3) is 0 Å². The predicted molar refractivity (Wildman–Crippen MR) is 61.5 cm³/mol. The highest BCUT2D eigenvalue weighted by Gasteiger charge is 2.17. The van der Waals surface area contributed by atoms with E-state index in [4.69, 9.17) is 4.74 Å². The number of carbonyl (C=O) groups is 1. The van der Waals surface area contributed by atoms with Crippen molar-refractivity contribution in [3.05, 3.63) is 29.6 Å².